The number of amides is 1. The van der Waals surface area contributed by atoms with E-state index in [9.17, 15) is 4.79 Å². The Balaban J connectivity index is 1.90. The molecule has 15 heavy (non-hydrogen) atoms. The highest BCUT2D eigenvalue weighted by molar-refractivity contribution is 5.93. The van der Waals surface area contributed by atoms with Gasteiger partial charge in [-0.2, -0.15) is 0 Å². The van der Waals surface area contributed by atoms with E-state index in [0.717, 1.165) is 5.69 Å². The van der Waals surface area contributed by atoms with Crippen LogP contribution in [0.2, 0.25) is 0 Å². The predicted molar refractivity (Wildman–Crippen MR) is 61.4 cm³/mol. The summed E-state index contributed by atoms with van der Waals surface area (Å²) in [5.74, 6) is 0.674. The summed E-state index contributed by atoms with van der Waals surface area (Å²) >= 11 is 0. The van der Waals surface area contributed by atoms with Gasteiger partial charge in [0, 0.05) is 6.42 Å². The van der Waals surface area contributed by atoms with Crippen LogP contribution in [0.1, 0.15) is 25.7 Å². The Bertz CT molecular complexity index is 358. The lowest BCUT2D eigenvalue weighted by Gasteiger charge is -2.24. The van der Waals surface area contributed by atoms with Crippen LogP contribution in [0.15, 0.2) is 24.3 Å². The number of hydrogen-bond donors (Lipinski definition) is 2. The Kier molecular flexibility index (Phi) is 2.90. The number of benzene rings is 1. The van der Waals surface area contributed by atoms with Crippen LogP contribution in [0.3, 0.4) is 0 Å². The van der Waals surface area contributed by atoms with Crippen molar-refractivity contribution in [2.75, 3.05) is 11.1 Å². The van der Waals surface area contributed by atoms with Gasteiger partial charge in [0.05, 0.1) is 11.4 Å². The lowest BCUT2D eigenvalue weighted by Crippen LogP contribution is -2.21. The number of para-hydroxylation sites is 2. The largest absolute Gasteiger partial charge is 0.397 e. The number of anilines is 2. The molecule has 1 aromatic rings. The molecule has 2 rings (SSSR count). The average Bonchev–Trinajstić information content (AvgIpc) is 2.16. The lowest BCUT2D eigenvalue weighted by atomic mass is 9.83. The summed E-state index contributed by atoms with van der Waals surface area (Å²) < 4.78 is 0. The third-order valence-electron chi connectivity index (χ3n) is 2.93. The molecule has 0 unspecified atom stereocenters. The Morgan fingerprint density at radius 1 is 1.40 bits per heavy atom. The normalized spacial score (nSPS) is 15.7. The zero-order chi connectivity index (χ0) is 10.7. The molecule has 1 saturated carbocycles. The van der Waals surface area contributed by atoms with E-state index in [1.807, 2.05) is 18.2 Å². The van der Waals surface area contributed by atoms with Crippen molar-refractivity contribution >= 4 is 17.3 Å². The van der Waals surface area contributed by atoms with Crippen molar-refractivity contribution in [2.45, 2.75) is 25.7 Å². The molecule has 0 bridgehead atoms. The van der Waals surface area contributed by atoms with Crippen molar-refractivity contribution in [1.82, 2.24) is 0 Å². The van der Waals surface area contributed by atoms with Crippen LogP contribution in [0.4, 0.5) is 11.4 Å². The molecule has 0 aliphatic heterocycles. The van der Waals surface area contributed by atoms with E-state index >= 15 is 0 Å². The molecule has 1 aliphatic rings. The van der Waals surface area contributed by atoms with E-state index in [2.05, 4.69) is 5.32 Å². The minimum atomic E-state index is 0.0811. The zero-order valence-corrected chi connectivity index (χ0v) is 8.70. The van der Waals surface area contributed by atoms with Gasteiger partial charge in [0.25, 0.3) is 0 Å². The van der Waals surface area contributed by atoms with E-state index in [-0.39, 0.29) is 5.91 Å². The number of carbonyl (C=O) groups excluding carboxylic acids is 1. The Labute approximate surface area is 89.7 Å². The molecule has 0 spiro atoms. The number of rotatable bonds is 3. The second kappa shape index (κ2) is 4.34. The van der Waals surface area contributed by atoms with Crippen molar-refractivity contribution in [3.63, 3.8) is 0 Å². The van der Waals surface area contributed by atoms with Gasteiger partial charge in [-0.1, -0.05) is 18.6 Å². The number of carbonyl (C=O) groups is 1. The van der Waals surface area contributed by atoms with Crippen molar-refractivity contribution < 1.29 is 4.79 Å². The molecule has 3 nitrogen and oxygen atoms in total. The summed E-state index contributed by atoms with van der Waals surface area (Å²) in [4.78, 5) is 11.6. The monoisotopic (exact) mass is 204 g/mol. The summed E-state index contributed by atoms with van der Waals surface area (Å²) in [6.07, 6.45) is 4.29. The standard InChI is InChI=1S/C12H16N2O/c13-10-6-1-2-7-11(10)14-12(15)8-9-4-3-5-9/h1-2,6-7,9H,3-5,8,13H2,(H,14,15). The van der Waals surface area contributed by atoms with E-state index < -0.39 is 0 Å². The molecule has 0 atom stereocenters. The van der Waals surface area contributed by atoms with Crippen LogP contribution in [0.25, 0.3) is 0 Å². The lowest BCUT2D eigenvalue weighted by molar-refractivity contribution is -0.117. The number of nitrogens with one attached hydrogen (secondary N) is 1. The Morgan fingerprint density at radius 3 is 2.73 bits per heavy atom. The molecular formula is C12H16N2O. The summed E-state index contributed by atoms with van der Waals surface area (Å²) in [5, 5.41) is 2.85. The molecule has 0 saturated heterocycles. The van der Waals surface area contributed by atoms with Gasteiger partial charge >= 0.3 is 0 Å². The van der Waals surface area contributed by atoms with Crippen molar-refractivity contribution in [1.29, 1.82) is 0 Å². The number of hydrogen-bond acceptors (Lipinski definition) is 2. The molecule has 1 aromatic carbocycles. The fraction of sp³-hybridized carbons (Fsp3) is 0.417. The second-order valence-electron chi connectivity index (χ2n) is 4.14. The van der Waals surface area contributed by atoms with Gasteiger partial charge in [0.2, 0.25) is 5.91 Å². The van der Waals surface area contributed by atoms with Crippen LogP contribution < -0.4 is 11.1 Å². The van der Waals surface area contributed by atoms with Crippen LogP contribution in [0, 0.1) is 5.92 Å². The number of nitrogen functional groups attached to an aromatic ring is 1. The predicted octanol–water partition coefficient (Wildman–Crippen LogP) is 2.40. The van der Waals surface area contributed by atoms with E-state index in [1.54, 1.807) is 6.07 Å². The quantitative estimate of drug-likeness (QED) is 0.743. The minimum Gasteiger partial charge on any atom is -0.397 e. The third kappa shape index (κ3) is 2.49. The average molecular weight is 204 g/mol. The van der Waals surface area contributed by atoms with Gasteiger partial charge in [-0.05, 0) is 30.9 Å². The molecule has 1 amide bonds. The maximum atomic E-state index is 11.6. The smallest absolute Gasteiger partial charge is 0.224 e. The van der Waals surface area contributed by atoms with Crippen LogP contribution >= 0.6 is 0 Å². The molecule has 1 aliphatic carbocycles. The number of nitrogens with two attached hydrogens (primary N) is 1. The highest BCUT2D eigenvalue weighted by Crippen LogP contribution is 2.29. The fourth-order valence-electron chi connectivity index (χ4n) is 1.77. The van der Waals surface area contributed by atoms with Gasteiger partial charge in [-0.25, -0.2) is 0 Å². The first kappa shape index (κ1) is 10.0. The summed E-state index contributed by atoms with van der Waals surface area (Å²) in [6.45, 7) is 0. The fourth-order valence-corrected chi connectivity index (χ4v) is 1.77. The highest BCUT2D eigenvalue weighted by Gasteiger charge is 2.20. The summed E-state index contributed by atoms with van der Waals surface area (Å²) in [5.41, 5.74) is 7.08. The van der Waals surface area contributed by atoms with Gasteiger partial charge in [0.15, 0.2) is 0 Å². The first-order chi connectivity index (χ1) is 7.25. The first-order valence-corrected chi connectivity index (χ1v) is 5.40. The molecular weight excluding hydrogens is 188 g/mol. The summed E-state index contributed by atoms with van der Waals surface area (Å²) in [7, 11) is 0. The molecule has 0 radical (unpaired) electrons. The topological polar surface area (TPSA) is 55.1 Å². The minimum absolute atomic E-state index is 0.0811. The van der Waals surface area contributed by atoms with Gasteiger partial charge < -0.3 is 11.1 Å². The molecule has 1 fully saturated rings. The van der Waals surface area contributed by atoms with Crippen LogP contribution in [0.5, 0.6) is 0 Å². The molecule has 0 aromatic heterocycles. The van der Waals surface area contributed by atoms with Crippen molar-refractivity contribution in [3.8, 4) is 0 Å². The van der Waals surface area contributed by atoms with Crippen molar-refractivity contribution in [3.05, 3.63) is 24.3 Å². The van der Waals surface area contributed by atoms with E-state index in [4.69, 9.17) is 5.73 Å². The summed E-state index contributed by atoms with van der Waals surface area (Å²) in [6, 6.07) is 7.35. The van der Waals surface area contributed by atoms with E-state index in [0.29, 0.717) is 18.0 Å². The molecule has 80 valence electrons. The van der Waals surface area contributed by atoms with Gasteiger partial charge in [-0.15, -0.1) is 0 Å². The Morgan fingerprint density at radius 2 is 2.13 bits per heavy atom. The zero-order valence-electron chi connectivity index (χ0n) is 8.70. The van der Waals surface area contributed by atoms with E-state index in [1.165, 1.54) is 19.3 Å². The second-order valence-corrected chi connectivity index (χ2v) is 4.14. The van der Waals surface area contributed by atoms with Crippen LogP contribution in [-0.4, -0.2) is 5.91 Å². The third-order valence-corrected chi connectivity index (χ3v) is 2.93. The maximum Gasteiger partial charge on any atom is 0.224 e. The van der Waals surface area contributed by atoms with Crippen LogP contribution in [-0.2, 0) is 4.79 Å². The highest BCUT2D eigenvalue weighted by atomic mass is 16.1. The van der Waals surface area contributed by atoms with Crippen molar-refractivity contribution in [2.24, 2.45) is 5.92 Å². The molecule has 3 heteroatoms. The van der Waals surface area contributed by atoms with Gasteiger partial charge in [0.1, 0.15) is 0 Å². The van der Waals surface area contributed by atoms with Gasteiger partial charge in [-0.3, -0.25) is 4.79 Å². The molecule has 0 heterocycles. The molecule has 3 N–H and O–H groups in total. The SMILES string of the molecule is Nc1ccccc1NC(=O)CC1CCC1. The first-order valence-electron chi connectivity index (χ1n) is 5.40. The Hall–Kier alpha value is -1.51. The maximum absolute atomic E-state index is 11.6.